The average molecular weight is 250 g/mol. The summed E-state index contributed by atoms with van der Waals surface area (Å²) in [6.45, 7) is 5.24. The maximum atomic E-state index is 5.95. The number of hydrogen-bond acceptors (Lipinski definition) is 2. The molecule has 0 amide bonds. The third-order valence-electron chi connectivity index (χ3n) is 2.44. The van der Waals surface area contributed by atoms with Gasteiger partial charge in [-0.2, -0.15) is 5.10 Å². The molecule has 0 spiro atoms. The lowest BCUT2D eigenvalue weighted by molar-refractivity contribution is 0.484. The fourth-order valence-electron chi connectivity index (χ4n) is 1.75. The van der Waals surface area contributed by atoms with E-state index in [-0.39, 0.29) is 0 Å². The summed E-state index contributed by atoms with van der Waals surface area (Å²) in [5, 5.41) is 4.56. The SMILES string of the molecule is CC(C)Cn1cc(CCl)c(-c2ccccn2)n1. The van der Waals surface area contributed by atoms with Crippen LogP contribution < -0.4 is 0 Å². The second-order valence-corrected chi connectivity index (χ2v) is 4.73. The highest BCUT2D eigenvalue weighted by atomic mass is 35.5. The van der Waals surface area contributed by atoms with Gasteiger partial charge in [-0.15, -0.1) is 11.6 Å². The van der Waals surface area contributed by atoms with Crippen LogP contribution in [0.5, 0.6) is 0 Å². The zero-order valence-corrected chi connectivity index (χ0v) is 10.9. The van der Waals surface area contributed by atoms with E-state index in [1.807, 2.05) is 29.1 Å². The first kappa shape index (κ1) is 12.1. The molecular formula is C13H16ClN3. The Morgan fingerprint density at radius 3 is 2.76 bits per heavy atom. The van der Waals surface area contributed by atoms with Crippen molar-refractivity contribution in [1.82, 2.24) is 14.8 Å². The number of aromatic nitrogens is 3. The number of pyridine rings is 1. The standard InChI is InChI=1S/C13H16ClN3/c1-10(2)8-17-9-11(7-14)13(16-17)12-5-3-4-6-15-12/h3-6,9-10H,7-8H2,1-2H3. The molecule has 4 heteroatoms. The summed E-state index contributed by atoms with van der Waals surface area (Å²) in [5.41, 5.74) is 2.80. The first-order valence-electron chi connectivity index (χ1n) is 5.74. The van der Waals surface area contributed by atoms with Crippen LogP contribution in [0.1, 0.15) is 19.4 Å². The van der Waals surface area contributed by atoms with Crippen LogP contribution in [0.25, 0.3) is 11.4 Å². The number of alkyl halides is 1. The van der Waals surface area contributed by atoms with Crippen molar-refractivity contribution in [2.45, 2.75) is 26.3 Å². The summed E-state index contributed by atoms with van der Waals surface area (Å²) in [6, 6.07) is 5.81. The van der Waals surface area contributed by atoms with Gasteiger partial charge in [-0.1, -0.05) is 19.9 Å². The highest BCUT2D eigenvalue weighted by molar-refractivity contribution is 6.17. The molecule has 2 aromatic rings. The maximum Gasteiger partial charge on any atom is 0.115 e. The van der Waals surface area contributed by atoms with Gasteiger partial charge in [0.2, 0.25) is 0 Å². The van der Waals surface area contributed by atoms with E-state index in [4.69, 9.17) is 11.6 Å². The van der Waals surface area contributed by atoms with Gasteiger partial charge in [0.1, 0.15) is 5.69 Å². The normalized spacial score (nSPS) is 11.1. The Balaban J connectivity index is 2.36. The van der Waals surface area contributed by atoms with E-state index in [2.05, 4.69) is 23.9 Å². The lowest BCUT2D eigenvalue weighted by Crippen LogP contribution is -2.04. The van der Waals surface area contributed by atoms with Crippen LogP contribution in [0.3, 0.4) is 0 Å². The first-order valence-corrected chi connectivity index (χ1v) is 6.28. The first-order chi connectivity index (χ1) is 8.20. The second-order valence-electron chi connectivity index (χ2n) is 4.47. The molecule has 0 aliphatic heterocycles. The molecule has 0 N–H and O–H groups in total. The molecule has 0 aliphatic rings. The number of rotatable bonds is 4. The summed E-state index contributed by atoms with van der Waals surface area (Å²) in [5.74, 6) is 1.03. The Labute approximate surface area is 106 Å². The van der Waals surface area contributed by atoms with Crippen LogP contribution in [0.4, 0.5) is 0 Å². The van der Waals surface area contributed by atoms with E-state index in [0.717, 1.165) is 23.5 Å². The van der Waals surface area contributed by atoms with Crippen LogP contribution in [0, 0.1) is 5.92 Å². The van der Waals surface area contributed by atoms with E-state index in [1.165, 1.54) is 0 Å². The molecule has 3 nitrogen and oxygen atoms in total. The van der Waals surface area contributed by atoms with E-state index < -0.39 is 0 Å². The average Bonchev–Trinajstić information content (AvgIpc) is 2.72. The molecule has 0 unspecified atom stereocenters. The third-order valence-corrected chi connectivity index (χ3v) is 2.73. The fraction of sp³-hybridized carbons (Fsp3) is 0.385. The van der Waals surface area contributed by atoms with Crippen molar-refractivity contribution in [3.8, 4) is 11.4 Å². The largest absolute Gasteiger partial charge is 0.271 e. The predicted molar refractivity (Wildman–Crippen MR) is 69.9 cm³/mol. The Bertz CT molecular complexity index is 477. The van der Waals surface area contributed by atoms with E-state index in [9.17, 15) is 0 Å². The molecule has 2 heterocycles. The lowest BCUT2D eigenvalue weighted by atomic mass is 10.2. The maximum absolute atomic E-state index is 5.95. The third kappa shape index (κ3) is 2.86. The van der Waals surface area contributed by atoms with Gasteiger partial charge in [0.15, 0.2) is 0 Å². The van der Waals surface area contributed by atoms with Crippen molar-refractivity contribution < 1.29 is 0 Å². The summed E-state index contributed by atoms with van der Waals surface area (Å²) < 4.78 is 1.95. The molecule has 0 radical (unpaired) electrons. The zero-order valence-electron chi connectivity index (χ0n) is 10.1. The molecule has 0 saturated carbocycles. The van der Waals surface area contributed by atoms with Gasteiger partial charge in [-0.25, -0.2) is 0 Å². The van der Waals surface area contributed by atoms with Gasteiger partial charge in [0.25, 0.3) is 0 Å². The van der Waals surface area contributed by atoms with Gasteiger partial charge >= 0.3 is 0 Å². The summed E-state index contributed by atoms with van der Waals surface area (Å²) in [6.07, 6.45) is 3.78. The van der Waals surface area contributed by atoms with E-state index in [0.29, 0.717) is 11.8 Å². The topological polar surface area (TPSA) is 30.7 Å². The van der Waals surface area contributed by atoms with Crippen molar-refractivity contribution in [3.05, 3.63) is 36.2 Å². The minimum atomic E-state index is 0.462. The lowest BCUT2D eigenvalue weighted by Gasteiger charge is -2.03. The van der Waals surface area contributed by atoms with Gasteiger partial charge in [0, 0.05) is 24.5 Å². The molecule has 0 fully saturated rings. The summed E-state index contributed by atoms with van der Waals surface area (Å²) in [7, 11) is 0. The number of hydrogen-bond donors (Lipinski definition) is 0. The Kier molecular flexibility index (Phi) is 3.79. The quantitative estimate of drug-likeness (QED) is 0.778. The molecule has 90 valence electrons. The Morgan fingerprint density at radius 1 is 1.35 bits per heavy atom. The molecule has 17 heavy (non-hydrogen) atoms. The van der Waals surface area contributed by atoms with E-state index >= 15 is 0 Å². The van der Waals surface area contributed by atoms with Crippen molar-refractivity contribution in [2.75, 3.05) is 0 Å². The minimum Gasteiger partial charge on any atom is -0.271 e. The molecule has 0 aromatic carbocycles. The minimum absolute atomic E-state index is 0.462. The fourth-order valence-corrected chi connectivity index (χ4v) is 1.94. The molecule has 2 rings (SSSR count). The second kappa shape index (κ2) is 5.32. The van der Waals surface area contributed by atoms with Crippen LogP contribution in [0.2, 0.25) is 0 Å². The number of nitrogens with zero attached hydrogens (tertiary/aromatic N) is 3. The Morgan fingerprint density at radius 2 is 2.18 bits per heavy atom. The Hall–Kier alpha value is -1.35. The van der Waals surface area contributed by atoms with E-state index in [1.54, 1.807) is 6.20 Å². The monoisotopic (exact) mass is 249 g/mol. The van der Waals surface area contributed by atoms with Crippen LogP contribution >= 0.6 is 11.6 Å². The number of halogens is 1. The molecule has 0 bridgehead atoms. The van der Waals surface area contributed by atoms with Gasteiger partial charge < -0.3 is 0 Å². The van der Waals surface area contributed by atoms with Crippen molar-refractivity contribution in [3.63, 3.8) is 0 Å². The molecule has 2 aromatic heterocycles. The zero-order chi connectivity index (χ0) is 12.3. The predicted octanol–water partition coefficient (Wildman–Crippen LogP) is 3.34. The molecule has 0 saturated heterocycles. The van der Waals surface area contributed by atoms with Crippen LogP contribution in [-0.4, -0.2) is 14.8 Å². The highest BCUT2D eigenvalue weighted by Gasteiger charge is 2.11. The highest BCUT2D eigenvalue weighted by Crippen LogP contribution is 2.21. The van der Waals surface area contributed by atoms with Gasteiger partial charge in [0.05, 0.1) is 11.6 Å². The van der Waals surface area contributed by atoms with Crippen molar-refractivity contribution in [2.24, 2.45) is 5.92 Å². The van der Waals surface area contributed by atoms with Gasteiger partial charge in [-0.05, 0) is 18.1 Å². The van der Waals surface area contributed by atoms with Crippen molar-refractivity contribution >= 4 is 11.6 Å². The van der Waals surface area contributed by atoms with Crippen molar-refractivity contribution in [1.29, 1.82) is 0 Å². The molecular weight excluding hydrogens is 234 g/mol. The smallest absolute Gasteiger partial charge is 0.115 e. The molecule has 0 aliphatic carbocycles. The van der Waals surface area contributed by atoms with Crippen LogP contribution in [-0.2, 0) is 12.4 Å². The molecule has 0 atom stereocenters. The van der Waals surface area contributed by atoms with Crippen LogP contribution in [0.15, 0.2) is 30.6 Å². The summed E-state index contributed by atoms with van der Waals surface area (Å²) >= 11 is 5.95. The summed E-state index contributed by atoms with van der Waals surface area (Å²) in [4.78, 5) is 4.32. The van der Waals surface area contributed by atoms with Gasteiger partial charge in [-0.3, -0.25) is 9.67 Å².